The molecule has 7 heteroatoms. The fourth-order valence-corrected chi connectivity index (χ4v) is 7.32. The first kappa shape index (κ1) is 23.6. The van der Waals surface area contributed by atoms with E-state index in [2.05, 4.69) is 50.9 Å². The molecule has 4 rings (SSSR count). The van der Waals surface area contributed by atoms with Gasteiger partial charge >= 0.3 is 0 Å². The molecule has 1 aromatic heterocycles. The number of piperidine rings is 1. The zero-order valence-electron chi connectivity index (χ0n) is 19.8. The van der Waals surface area contributed by atoms with Crippen LogP contribution < -0.4 is 10.1 Å². The van der Waals surface area contributed by atoms with Gasteiger partial charge in [0.2, 0.25) is 0 Å². The number of sulfone groups is 1. The van der Waals surface area contributed by atoms with Crippen LogP contribution >= 0.6 is 11.3 Å². The van der Waals surface area contributed by atoms with Gasteiger partial charge in [0, 0.05) is 43.0 Å². The Labute approximate surface area is 197 Å². The Kier molecular flexibility index (Phi) is 6.63. The number of nitrogens with one attached hydrogen (secondary N) is 1. The molecule has 32 heavy (non-hydrogen) atoms. The van der Waals surface area contributed by atoms with Crippen LogP contribution in [0.15, 0.2) is 35.2 Å². The van der Waals surface area contributed by atoms with E-state index in [1.807, 2.05) is 12.1 Å². The molecule has 0 spiro atoms. The maximum atomic E-state index is 13.3. The summed E-state index contributed by atoms with van der Waals surface area (Å²) in [5.74, 6) is 0. The summed E-state index contributed by atoms with van der Waals surface area (Å²) in [5.41, 5.74) is 2.17. The maximum Gasteiger partial charge on any atom is 0.183 e. The third kappa shape index (κ3) is 5.00. The molecule has 0 amide bonds. The van der Waals surface area contributed by atoms with Crippen LogP contribution in [0.3, 0.4) is 0 Å². The lowest BCUT2D eigenvalue weighted by Crippen LogP contribution is -2.41. The van der Waals surface area contributed by atoms with E-state index in [1.165, 1.54) is 0 Å². The SMILES string of the molecule is CC(C)N1CCC(Oc2cc3c(s2)CC(S(=O)(=O)c2ccc(C(C)(C)C)cc2)CN3)CC1. The van der Waals surface area contributed by atoms with Gasteiger partial charge in [-0.05, 0) is 49.8 Å². The largest absolute Gasteiger partial charge is 0.481 e. The van der Waals surface area contributed by atoms with Gasteiger partial charge in [0.05, 0.1) is 15.8 Å². The van der Waals surface area contributed by atoms with E-state index in [-0.39, 0.29) is 11.5 Å². The normalized spacial score (nSPS) is 20.8. The number of hydrogen-bond acceptors (Lipinski definition) is 6. The number of thiophene rings is 1. The van der Waals surface area contributed by atoms with Gasteiger partial charge in [-0.15, -0.1) is 11.3 Å². The third-order valence-electron chi connectivity index (χ3n) is 6.70. The molecule has 2 aromatic rings. The summed E-state index contributed by atoms with van der Waals surface area (Å²) in [6, 6.07) is 10.0. The first-order valence-electron chi connectivity index (χ1n) is 11.7. The van der Waals surface area contributed by atoms with Gasteiger partial charge in [-0.25, -0.2) is 8.42 Å². The second-order valence-electron chi connectivity index (χ2n) is 10.4. The molecular weight excluding hydrogens is 440 g/mol. The molecule has 176 valence electrons. The minimum Gasteiger partial charge on any atom is -0.481 e. The number of nitrogens with zero attached hydrogens (tertiary/aromatic N) is 1. The van der Waals surface area contributed by atoms with Crippen molar-refractivity contribution in [1.29, 1.82) is 0 Å². The number of ether oxygens (including phenoxy) is 1. The smallest absolute Gasteiger partial charge is 0.183 e. The van der Waals surface area contributed by atoms with Crippen LogP contribution in [0.1, 0.15) is 57.9 Å². The number of likely N-dealkylation sites (tertiary alicyclic amines) is 1. The summed E-state index contributed by atoms with van der Waals surface area (Å²) in [4.78, 5) is 3.97. The molecule has 2 aliphatic rings. The highest BCUT2D eigenvalue weighted by Gasteiger charge is 2.33. The Hall–Kier alpha value is -1.57. The van der Waals surface area contributed by atoms with Crippen LogP contribution in [0.25, 0.3) is 0 Å². The number of rotatable bonds is 5. The molecule has 5 nitrogen and oxygen atoms in total. The minimum absolute atomic E-state index is 0.00235. The third-order valence-corrected chi connectivity index (χ3v) is 9.89. The molecule has 1 fully saturated rings. The second-order valence-corrected chi connectivity index (χ2v) is 13.7. The molecule has 0 aliphatic carbocycles. The van der Waals surface area contributed by atoms with Crippen molar-refractivity contribution in [2.45, 2.75) is 81.6 Å². The van der Waals surface area contributed by atoms with E-state index >= 15 is 0 Å². The highest BCUT2D eigenvalue weighted by molar-refractivity contribution is 7.92. The van der Waals surface area contributed by atoms with Crippen LogP contribution in [0.5, 0.6) is 5.06 Å². The Morgan fingerprint density at radius 1 is 1.12 bits per heavy atom. The van der Waals surface area contributed by atoms with Gasteiger partial charge < -0.3 is 15.0 Å². The van der Waals surface area contributed by atoms with Crippen molar-refractivity contribution in [2.75, 3.05) is 25.0 Å². The minimum atomic E-state index is -3.40. The standard InChI is InChI=1S/C25H36N2O3S2/c1-17(2)27-12-10-19(11-13-27)30-24-15-22-23(31-24)14-21(16-26-22)32(28,29)20-8-6-18(7-9-20)25(3,4)5/h6-9,15,17,19,21,26H,10-14,16H2,1-5H3. The van der Waals surface area contributed by atoms with E-state index < -0.39 is 15.1 Å². The Morgan fingerprint density at radius 3 is 2.38 bits per heavy atom. The van der Waals surface area contributed by atoms with Gasteiger partial charge in [0.1, 0.15) is 6.10 Å². The van der Waals surface area contributed by atoms with E-state index in [1.54, 1.807) is 23.5 Å². The van der Waals surface area contributed by atoms with Gasteiger partial charge in [0.25, 0.3) is 0 Å². The monoisotopic (exact) mass is 476 g/mol. The van der Waals surface area contributed by atoms with Crippen molar-refractivity contribution in [3.05, 3.63) is 40.8 Å². The first-order chi connectivity index (χ1) is 15.0. The van der Waals surface area contributed by atoms with Crippen LogP contribution in [0.4, 0.5) is 5.69 Å². The Bertz CT molecular complexity index is 1030. The van der Waals surface area contributed by atoms with Gasteiger partial charge in [0.15, 0.2) is 14.9 Å². The second kappa shape index (κ2) is 8.99. The molecule has 2 aliphatic heterocycles. The predicted molar refractivity (Wildman–Crippen MR) is 133 cm³/mol. The Balaban J connectivity index is 1.42. The molecule has 1 aromatic carbocycles. The van der Waals surface area contributed by atoms with Crippen LogP contribution in [0.2, 0.25) is 0 Å². The average Bonchev–Trinajstić information content (AvgIpc) is 3.15. The highest BCUT2D eigenvalue weighted by atomic mass is 32.2. The number of benzene rings is 1. The van der Waals surface area contributed by atoms with Crippen molar-refractivity contribution in [1.82, 2.24) is 4.90 Å². The molecule has 0 radical (unpaired) electrons. The van der Waals surface area contributed by atoms with Gasteiger partial charge in [-0.3, -0.25) is 0 Å². The lowest BCUT2D eigenvalue weighted by molar-refractivity contribution is 0.0868. The summed E-state index contributed by atoms with van der Waals surface area (Å²) >= 11 is 1.59. The summed E-state index contributed by atoms with van der Waals surface area (Å²) in [6.07, 6.45) is 2.85. The van der Waals surface area contributed by atoms with Crippen LogP contribution in [-0.4, -0.2) is 50.3 Å². The van der Waals surface area contributed by atoms with E-state index in [4.69, 9.17) is 4.74 Å². The molecule has 1 N–H and O–H groups in total. The molecule has 0 saturated carbocycles. The number of anilines is 1. The zero-order chi connectivity index (χ0) is 23.1. The lowest BCUT2D eigenvalue weighted by atomic mass is 9.87. The summed E-state index contributed by atoms with van der Waals surface area (Å²) in [5, 5.41) is 3.79. The van der Waals surface area contributed by atoms with E-state index in [9.17, 15) is 8.42 Å². The van der Waals surface area contributed by atoms with Crippen LogP contribution in [-0.2, 0) is 21.7 Å². The fraction of sp³-hybridized carbons (Fsp3) is 0.600. The first-order valence-corrected chi connectivity index (χ1v) is 14.0. The number of fused-ring (bicyclic) bond motifs is 1. The maximum absolute atomic E-state index is 13.3. The van der Waals surface area contributed by atoms with Crippen molar-refractivity contribution >= 4 is 26.9 Å². The summed E-state index contributed by atoms with van der Waals surface area (Å²) < 4.78 is 32.9. The van der Waals surface area contributed by atoms with Crippen molar-refractivity contribution in [2.24, 2.45) is 0 Å². The summed E-state index contributed by atoms with van der Waals surface area (Å²) in [7, 11) is -3.40. The van der Waals surface area contributed by atoms with Crippen molar-refractivity contribution < 1.29 is 13.2 Å². The van der Waals surface area contributed by atoms with Gasteiger partial charge in [-0.2, -0.15) is 0 Å². The molecule has 3 heterocycles. The van der Waals surface area contributed by atoms with E-state index in [0.29, 0.717) is 23.9 Å². The topological polar surface area (TPSA) is 58.6 Å². The highest BCUT2D eigenvalue weighted by Crippen LogP contribution is 2.39. The molecular formula is C25H36N2O3S2. The average molecular weight is 477 g/mol. The van der Waals surface area contributed by atoms with Crippen molar-refractivity contribution in [3.63, 3.8) is 0 Å². The lowest BCUT2D eigenvalue weighted by Gasteiger charge is -2.34. The van der Waals surface area contributed by atoms with Crippen molar-refractivity contribution in [3.8, 4) is 5.06 Å². The van der Waals surface area contributed by atoms with Crippen LogP contribution in [0, 0.1) is 0 Å². The number of hydrogen-bond donors (Lipinski definition) is 1. The van der Waals surface area contributed by atoms with E-state index in [0.717, 1.165) is 47.1 Å². The fourth-order valence-electron chi connectivity index (χ4n) is 4.50. The zero-order valence-corrected chi connectivity index (χ0v) is 21.5. The summed E-state index contributed by atoms with van der Waals surface area (Å²) in [6.45, 7) is 13.4. The molecule has 1 atom stereocenters. The Morgan fingerprint density at radius 2 is 1.78 bits per heavy atom. The quantitative estimate of drug-likeness (QED) is 0.650. The molecule has 0 bridgehead atoms. The molecule has 1 unspecified atom stereocenters. The predicted octanol–water partition coefficient (Wildman–Crippen LogP) is 5.11. The van der Waals surface area contributed by atoms with Gasteiger partial charge in [-0.1, -0.05) is 32.9 Å². The molecule has 1 saturated heterocycles.